The number of halogens is 3. The van der Waals surface area contributed by atoms with E-state index in [0.717, 1.165) is 0 Å². The molecule has 0 radical (unpaired) electrons. The number of nitrogens with one attached hydrogen (secondary N) is 1. The van der Waals surface area contributed by atoms with Gasteiger partial charge in [-0.15, -0.1) is 0 Å². The number of carboxylic acids is 1. The third-order valence-corrected chi connectivity index (χ3v) is 2.92. The molecule has 0 aromatic carbocycles. The van der Waals surface area contributed by atoms with E-state index in [2.05, 4.69) is 4.98 Å². The summed E-state index contributed by atoms with van der Waals surface area (Å²) in [5, 5.41) is 10.2. The minimum absolute atomic E-state index is 0.0116. The third-order valence-electron chi connectivity index (χ3n) is 1.85. The van der Waals surface area contributed by atoms with Crippen molar-refractivity contribution >= 4 is 28.2 Å². The number of nitrogens with zero attached hydrogens (tertiary/aromatic N) is 1. The summed E-state index contributed by atoms with van der Waals surface area (Å²) in [5.41, 5.74) is 4.90. The highest BCUT2D eigenvalue weighted by atomic mass is 32.1. The van der Waals surface area contributed by atoms with Crippen LogP contribution in [0, 0.1) is 0 Å². The Labute approximate surface area is 103 Å². The molecule has 0 aliphatic carbocycles. The van der Waals surface area contributed by atoms with E-state index in [-0.39, 0.29) is 10.0 Å². The molecule has 1 aromatic rings. The van der Waals surface area contributed by atoms with Gasteiger partial charge in [0, 0.05) is 0 Å². The molecule has 0 spiro atoms. The van der Waals surface area contributed by atoms with E-state index < -0.39 is 29.8 Å². The number of carbonyl (C=O) groups excluding carboxylic acids is 1. The Morgan fingerprint density at radius 2 is 2.06 bits per heavy atom. The minimum Gasteiger partial charge on any atom is -0.476 e. The molecule has 1 aromatic heterocycles. The number of hydrogen-bond acceptors (Lipinski definition) is 5. The van der Waals surface area contributed by atoms with E-state index in [0.29, 0.717) is 11.3 Å². The predicted molar refractivity (Wildman–Crippen MR) is 56.1 cm³/mol. The maximum Gasteiger partial charge on any atom is 0.471 e. The number of aromatic nitrogens is 1. The van der Waals surface area contributed by atoms with Crippen molar-refractivity contribution in [3.8, 4) is 0 Å². The van der Waals surface area contributed by atoms with Crippen LogP contribution in [-0.4, -0.2) is 28.1 Å². The van der Waals surface area contributed by atoms with Crippen molar-refractivity contribution in [1.82, 2.24) is 10.3 Å². The molecule has 1 rings (SSSR count). The lowest BCUT2D eigenvalue weighted by atomic mass is 10.3. The number of amides is 1. The molecule has 0 saturated heterocycles. The Kier molecular flexibility index (Phi) is 3.79. The molecule has 1 amide bonds. The van der Waals surface area contributed by atoms with Gasteiger partial charge < -0.3 is 16.2 Å². The van der Waals surface area contributed by atoms with E-state index >= 15 is 0 Å². The average molecular weight is 283 g/mol. The van der Waals surface area contributed by atoms with Crippen LogP contribution < -0.4 is 11.1 Å². The first kappa shape index (κ1) is 14.2. The zero-order chi connectivity index (χ0) is 14.1. The van der Waals surface area contributed by atoms with Gasteiger partial charge in [-0.3, -0.25) is 4.79 Å². The summed E-state index contributed by atoms with van der Waals surface area (Å²) in [4.78, 5) is 24.9. The van der Waals surface area contributed by atoms with E-state index in [9.17, 15) is 22.8 Å². The molecule has 18 heavy (non-hydrogen) atoms. The van der Waals surface area contributed by atoms with Crippen molar-refractivity contribution in [3.63, 3.8) is 0 Å². The maximum atomic E-state index is 12.0. The molecule has 0 aliphatic heterocycles. The topological polar surface area (TPSA) is 105 Å². The highest BCUT2D eigenvalue weighted by Gasteiger charge is 2.39. The van der Waals surface area contributed by atoms with Crippen LogP contribution in [0.25, 0.3) is 0 Å². The van der Waals surface area contributed by atoms with Crippen LogP contribution in [0.2, 0.25) is 0 Å². The van der Waals surface area contributed by atoms with Crippen molar-refractivity contribution in [3.05, 3.63) is 10.7 Å². The molecule has 10 heteroatoms. The van der Waals surface area contributed by atoms with Gasteiger partial charge in [0.25, 0.3) is 0 Å². The molecule has 0 aliphatic rings. The fourth-order valence-corrected chi connectivity index (χ4v) is 1.86. The lowest BCUT2D eigenvalue weighted by molar-refractivity contribution is -0.174. The van der Waals surface area contributed by atoms with Crippen molar-refractivity contribution in [2.24, 2.45) is 0 Å². The molecule has 0 saturated carbocycles. The first-order chi connectivity index (χ1) is 8.12. The standard InChI is InChI=1S/C8H8F3N3O3S/c1-2(13-7(17)8(9,10)11)5-14-3(6(15)16)4(12)18-5/h2H,12H2,1H3,(H,13,17)(H,15,16). The van der Waals surface area contributed by atoms with Gasteiger partial charge in [-0.05, 0) is 6.92 Å². The Bertz CT molecular complexity index is 486. The van der Waals surface area contributed by atoms with Crippen LogP contribution >= 0.6 is 11.3 Å². The lowest BCUT2D eigenvalue weighted by Gasteiger charge is -2.12. The molecule has 1 atom stereocenters. The number of anilines is 1. The quantitative estimate of drug-likeness (QED) is 0.772. The van der Waals surface area contributed by atoms with Crippen LogP contribution in [0.5, 0.6) is 0 Å². The SMILES string of the molecule is CC(NC(=O)C(F)(F)F)c1nc(C(=O)O)c(N)s1. The second-order valence-electron chi connectivity index (χ2n) is 3.26. The number of nitrogen functional groups attached to an aromatic ring is 1. The van der Waals surface area contributed by atoms with Crippen molar-refractivity contribution in [2.75, 3.05) is 5.73 Å². The number of thiazole rings is 1. The number of carbonyl (C=O) groups is 2. The van der Waals surface area contributed by atoms with Gasteiger partial charge in [0.1, 0.15) is 10.0 Å². The minimum atomic E-state index is -5.01. The number of aromatic carboxylic acids is 1. The van der Waals surface area contributed by atoms with Crippen LogP contribution in [0.4, 0.5) is 18.2 Å². The van der Waals surface area contributed by atoms with E-state index in [1.807, 2.05) is 0 Å². The zero-order valence-corrected chi connectivity index (χ0v) is 9.72. The Hall–Kier alpha value is -1.84. The van der Waals surface area contributed by atoms with Crippen molar-refractivity contribution in [1.29, 1.82) is 0 Å². The monoisotopic (exact) mass is 283 g/mol. The fourth-order valence-electron chi connectivity index (χ4n) is 1.03. The van der Waals surface area contributed by atoms with Crippen LogP contribution in [0.3, 0.4) is 0 Å². The molecule has 4 N–H and O–H groups in total. The third kappa shape index (κ3) is 3.09. The summed E-state index contributed by atoms with van der Waals surface area (Å²) in [5.74, 6) is -3.51. The van der Waals surface area contributed by atoms with E-state index in [1.165, 1.54) is 6.92 Å². The van der Waals surface area contributed by atoms with Gasteiger partial charge in [0.05, 0.1) is 6.04 Å². The first-order valence-corrected chi connectivity index (χ1v) is 5.31. The van der Waals surface area contributed by atoms with Crippen LogP contribution in [0.1, 0.15) is 28.5 Å². The summed E-state index contributed by atoms with van der Waals surface area (Å²) < 4.78 is 36.0. The normalized spacial score (nSPS) is 13.1. The molecular weight excluding hydrogens is 275 g/mol. The van der Waals surface area contributed by atoms with Gasteiger partial charge in [-0.1, -0.05) is 11.3 Å². The Balaban J connectivity index is 2.86. The smallest absolute Gasteiger partial charge is 0.471 e. The predicted octanol–water partition coefficient (Wildman–Crippen LogP) is 1.16. The average Bonchev–Trinajstić information content (AvgIpc) is 2.58. The van der Waals surface area contributed by atoms with E-state index in [1.54, 1.807) is 5.32 Å². The summed E-state index contributed by atoms with van der Waals surface area (Å²) in [6.45, 7) is 1.24. The van der Waals surface area contributed by atoms with Crippen LogP contribution in [0.15, 0.2) is 0 Å². The second-order valence-corrected chi connectivity index (χ2v) is 4.33. The summed E-state index contributed by atoms with van der Waals surface area (Å²) in [6, 6.07) is -1.08. The number of carboxylic acid groups (broad SMARTS) is 1. The summed E-state index contributed by atoms with van der Waals surface area (Å²) in [6.07, 6.45) is -5.01. The lowest BCUT2D eigenvalue weighted by Crippen LogP contribution is -2.38. The van der Waals surface area contributed by atoms with Gasteiger partial charge in [0.2, 0.25) is 0 Å². The Morgan fingerprint density at radius 3 is 2.44 bits per heavy atom. The molecule has 1 unspecified atom stereocenters. The zero-order valence-electron chi connectivity index (χ0n) is 8.91. The largest absolute Gasteiger partial charge is 0.476 e. The molecule has 1 heterocycles. The molecular formula is C8H8F3N3O3S. The second kappa shape index (κ2) is 4.80. The summed E-state index contributed by atoms with van der Waals surface area (Å²) in [7, 11) is 0. The molecule has 6 nitrogen and oxygen atoms in total. The first-order valence-electron chi connectivity index (χ1n) is 4.50. The number of nitrogens with two attached hydrogens (primary N) is 1. The Morgan fingerprint density at radius 1 is 1.50 bits per heavy atom. The van der Waals surface area contributed by atoms with Gasteiger partial charge >= 0.3 is 18.1 Å². The van der Waals surface area contributed by atoms with Crippen molar-refractivity contribution in [2.45, 2.75) is 19.1 Å². The van der Waals surface area contributed by atoms with Gasteiger partial charge in [0.15, 0.2) is 5.69 Å². The number of hydrogen-bond donors (Lipinski definition) is 3. The van der Waals surface area contributed by atoms with Crippen LogP contribution in [-0.2, 0) is 4.79 Å². The van der Waals surface area contributed by atoms with Gasteiger partial charge in [-0.2, -0.15) is 13.2 Å². The number of rotatable bonds is 3. The maximum absolute atomic E-state index is 12.0. The molecule has 0 fully saturated rings. The van der Waals surface area contributed by atoms with Gasteiger partial charge in [-0.25, -0.2) is 9.78 Å². The highest BCUT2D eigenvalue weighted by molar-refractivity contribution is 7.16. The fraction of sp³-hybridized carbons (Fsp3) is 0.375. The summed E-state index contributed by atoms with van der Waals surface area (Å²) >= 11 is 0.707. The molecule has 100 valence electrons. The van der Waals surface area contributed by atoms with E-state index in [4.69, 9.17) is 10.8 Å². The highest BCUT2D eigenvalue weighted by Crippen LogP contribution is 2.26. The number of alkyl halides is 3. The molecule has 0 bridgehead atoms. The van der Waals surface area contributed by atoms with Crippen molar-refractivity contribution < 1.29 is 27.9 Å².